The first-order valence-corrected chi connectivity index (χ1v) is 11.6. The molecule has 1 aliphatic heterocycles. The van der Waals surface area contributed by atoms with Gasteiger partial charge in [0.2, 0.25) is 5.91 Å². The summed E-state index contributed by atoms with van der Waals surface area (Å²) in [5.41, 5.74) is 1.22. The summed E-state index contributed by atoms with van der Waals surface area (Å²) >= 11 is 0. The van der Waals surface area contributed by atoms with Crippen molar-refractivity contribution in [2.75, 3.05) is 17.3 Å². The largest absolute Gasteiger partial charge is 0.400 e. The number of para-hydroxylation sites is 2. The number of amides is 3. The molecule has 2 aliphatic carbocycles. The van der Waals surface area contributed by atoms with Gasteiger partial charge in [0, 0.05) is 19.6 Å². The zero-order valence-corrected chi connectivity index (χ0v) is 18.4. The fraction of sp³-hybridized carbons (Fsp3) is 0.625. The van der Waals surface area contributed by atoms with E-state index in [0.29, 0.717) is 23.7 Å². The Balaban J connectivity index is 0.00000132. The molecule has 1 aromatic carbocycles. The highest BCUT2D eigenvalue weighted by Gasteiger charge is 2.42. The van der Waals surface area contributed by atoms with Crippen LogP contribution in [0.5, 0.6) is 0 Å². The summed E-state index contributed by atoms with van der Waals surface area (Å²) in [5.74, 6) is -0.562. The van der Waals surface area contributed by atoms with E-state index in [1.165, 1.54) is 17.7 Å². The SMILES string of the molecule is CO.O=C1Nc2ccccc2N(C(=O)CC2CCCCC2)C1C(=O)NC1CCCCC1. The van der Waals surface area contributed by atoms with Crippen molar-refractivity contribution in [2.24, 2.45) is 5.92 Å². The summed E-state index contributed by atoms with van der Waals surface area (Å²) in [6.45, 7) is 0. The van der Waals surface area contributed by atoms with Crippen LogP contribution in [0, 0.1) is 5.92 Å². The predicted molar refractivity (Wildman–Crippen MR) is 121 cm³/mol. The lowest BCUT2D eigenvalue weighted by Crippen LogP contribution is -2.59. The molecule has 7 nitrogen and oxygen atoms in total. The van der Waals surface area contributed by atoms with Gasteiger partial charge >= 0.3 is 0 Å². The lowest BCUT2D eigenvalue weighted by molar-refractivity contribution is -0.133. The fourth-order valence-corrected chi connectivity index (χ4v) is 5.03. The summed E-state index contributed by atoms with van der Waals surface area (Å²) in [6.07, 6.45) is 11.3. The van der Waals surface area contributed by atoms with E-state index < -0.39 is 11.9 Å². The number of nitrogens with zero attached hydrogens (tertiary/aromatic N) is 1. The second kappa shape index (κ2) is 11.3. The molecule has 0 spiro atoms. The van der Waals surface area contributed by atoms with Crippen LogP contribution in [0.4, 0.5) is 11.4 Å². The molecule has 1 unspecified atom stereocenters. The van der Waals surface area contributed by atoms with Gasteiger partial charge in [-0.15, -0.1) is 0 Å². The van der Waals surface area contributed by atoms with Crippen LogP contribution < -0.4 is 15.5 Å². The van der Waals surface area contributed by atoms with Crippen LogP contribution in [-0.4, -0.2) is 42.0 Å². The molecule has 2 saturated carbocycles. The van der Waals surface area contributed by atoms with Crippen LogP contribution in [-0.2, 0) is 14.4 Å². The van der Waals surface area contributed by atoms with Gasteiger partial charge in [0.05, 0.1) is 11.4 Å². The maximum Gasteiger partial charge on any atom is 0.257 e. The zero-order chi connectivity index (χ0) is 22.2. The molecule has 3 N–H and O–H groups in total. The van der Waals surface area contributed by atoms with E-state index in [1.54, 1.807) is 6.07 Å². The first-order chi connectivity index (χ1) is 15.1. The van der Waals surface area contributed by atoms with Crippen molar-refractivity contribution in [3.63, 3.8) is 0 Å². The lowest BCUT2D eigenvalue weighted by Gasteiger charge is -2.37. The predicted octanol–water partition coefficient (Wildman–Crippen LogP) is 3.37. The fourth-order valence-electron chi connectivity index (χ4n) is 5.03. The number of aliphatic hydroxyl groups excluding tert-OH is 1. The van der Waals surface area contributed by atoms with Gasteiger partial charge < -0.3 is 15.7 Å². The number of aliphatic hydroxyl groups is 1. The van der Waals surface area contributed by atoms with E-state index in [9.17, 15) is 14.4 Å². The van der Waals surface area contributed by atoms with Crippen LogP contribution in [0.15, 0.2) is 24.3 Å². The van der Waals surface area contributed by atoms with Crippen molar-refractivity contribution in [2.45, 2.75) is 82.7 Å². The van der Waals surface area contributed by atoms with Crippen molar-refractivity contribution < 1.29 is 19.5 Å². The third-order valence-electron chi connectivity index (χ3n) is 6.58. The molecule has 31 heavy (non-hydrogen) atoms. The van der Waals surface area contributed by atoms with Gasteiger partial charge in [-0.05, 0) is 43.7 Å². The van der Waals surface area contributed by atoms with Gasteiger partial charge in [0.15, 0.2) is 6.04 Å². The molecule has 0 saturated heterocycles. The Morgan fingerprint density at radius 3 is 2.29 bits per heavy atom. The maximum absolute atomic E-state index is 13.3. The molecule has 0 bridgehead atoms. The average Bonchev–Trinajstić information content (AvgIpc) is 2.80. The Kier molecular flexibility index (Phi) is 8.46. The van der Waals surface area contributed by atoms with Gasteiger partial charge in [-0.3, -0.25) is 19.3 Å². The number of fused-ring (bicyclic) bond motifs is 1. The van der Waals surface area contributed by atoms with Crippen molar-refractivity contribution in [3.8, 4) is 0 Å². The molecular formula is C24H35N3O4. The van der Waals surface area contributed by atoms with E-state index >= 15 is 0 Å². The van der Waals surface area contributed by atoms with E-state index in [1.807, 2.05) is 18.2 Å². The van der Waals surface area contributed by atoms with Crippen LogP contribution >= 0.6 is 0 Å². The van der Waals surface area contributed by atoms with Crippen molar-refractivity contribution in [1.82, 2.24) is 5.32 Å². The first kappa shape index (κ1) is 23.3. The third-order valence-corrected chi connectivity index (χ3v) is 6.58. The third kappa shape index (κ3) is 5.64. The number of hydrogen-bond acceptors (Lipinski definition) is 4. The van der Waals surface area contributed by atoms with Crippen LogP contribution in [0.25, 0.3) is 0 Å². The summed E-state index contributed by atoms with van der Waals surface area (Å²) in [4.78, 5) is 40.8. The normalized spacial score (nSPS) is 21.9. The highest BCUT2D eigenvalue weighted by molar-refractivity contribution is 6.21. The molecule has 0 radical (unpaired) electrons. The summed E-state index contributed by atoms with van der Waals surface area (Å²) in [6, 6.07) is 6.22. The minimum atomic E-state index is -1.14. The summed E-state index contributed by atoms with van der Waals surface area (Å²) < 4.78 is 0. The zero-order valence-electron chi connectivity index (χ0n) is 18.4. The van der Waals surface area contributed by atoms with Crippen molar-refractivity contribution in [3.05, 3.63) is 24.3 Å². The topological polar surface area (TPSA) is 98.7 Å². The van der Waals surface area contributed by atoms with E-state index in [4.69, 9.17) is 5.11 Å². The van der Waals surface area contributed by atoms with Crippen LogP contribution in [0.3, 0.4) is 0 Å². The lowest BCUT2D eigenvalue weighted by atomic mass is 9.86. The smallest absolute Gasteiger partial charge is 0.257 e. The molecule has 4 rings (SSSR count). The van der Waals surface area contributed by atoms with Gasteiger partial charge in [0.1, 0.15) is 0 Å². The van der Waals surface area contributed by atoms with Gasteiger partial charge in [-0.25, -0.2) is 0 Å². The molecule has 1 heterocycles. The molecule has 3 aliphatic rings. The summed E-state index contributed by atoms with van der Waals surface area (Å²) in [5, 5.41) is 12.9. The van der Waals surface area contributed by atoms with E-state index in [0.717, 1.165) is 58.5 Å². The second-order valence-corrected chi connectivity index (χ2v) is 8.72. The van der Waals surface area contributed by atoms with E-state index in [-0.39, 0.29) is 17.9 Å². The molecule has 170 valence electrons. The number of carbonyl (C=O) groups is 3. The molecule has 3 amide bonds. The molecule has 2 fully saturated rings. The number of hydrogen-bond donors (Lipinski definition) is 3. The molecule has 1 aromatic rings. The second-order valence-electron chi connectivity index (χ2n) is 8.72. The Bertz CT molecular complexity index is 770. The van der Waals surface area contributed by atoms with Crippen LogP contribution in [0.1, 0.15) is 70.6 Å². The molecular weight excluding hydrogens is 394 g/mol. The number of carbonyl (C=O) groups excluding carboxylic acids is 3. The monoisotopic (exact) mass is 429 g/mol. The Morgan fingerprint density at radius 1 is 1.00 bits per heavy atom. The first-order valence-electron chi connectivity index (χ1n) is 11.6. The molecule has 1 atom stereocenters. The van der Waals surface area contributed by atoms with E-state index in [2.05, 4.69) is 10.6 Å². The average molecular weight is 430 g/mol. The Hall–Kier alpha value is -2.41. The van der Waals surface area contributed by atoms with Gasteiger partial charge in [0.25, 0.3) is 11.8 Å². The van der Waals surface area contributed by atoms with Crippen molar-refractivity contribution in [1.29, 1.82) is 0 Å². The highest BCUT2D eigenvalue weighted by atomic mass is 16.2. The van der Waals surface area contributed by atoms with Gasteiger partial charge in [-0.1, -0.05) is 50.7 Å². The number of nitrogens with one attached hydrogen (secondary N) is 2. The summed E-state index contributed by atoms with van der Waals surface area (Å²) in [7, 11) is 1.00. The van der Waals surface area contributed by atoms with Gasteiger partial charge in [-0.2, -0.15) is 0 Å². The number of anilines is 2. The maximum atomic E-state index is 13.3. The molecule has 7 heteroatoms. The molecule has 0 aromatic heterocycles. The number of rotatable bonds is 4. The van der Waals surface area contributed by atoms with Crippen LogP contribution in [0.2, 0.25) is 0 Å². The van der Waals surface area contributed by atoms with Crippen molar-refractivity contribution >= 4 is 29.1 Å². The standard InChI is InChI=1S/C23H31N3O3.CH4O/c27-20(15-16-9-3-1-4-10-16)26-19-14-8-7-13-18(19)25-23(29)21(26)22(28)24-17-11-5-2-6-12-17;1-2/h7-8,13-14,16-17,21H,1-6,9-12,15H2,(H,24,28)(H,25,29);2H,1H3. The highest BCUT2D eigenvalue weighted by Crippen LogP contribution is 2.35. The minimum Gasteiger partial charge on any atom is -0.400 e. The Labute approximate surface area is 184 Å². The number of benzene rings is 1. The Morgan fingerprint density at radius 2 is 1.61 bits per heavy atom. The minimum absolute atomic E-state index is 0.0940. The quantitative estimate of drug-likeness (QED) is 0.639.